The lowest BCUT2D eigenvalue weighted by Gasteiger charge is -2.18. The summed E-state index contributed by atoms with van der Waals surface area (Å²) in [6, 6.07) is -0.390. The fourth-order valence-electron chi connectivity index (χ4n) is 0.931. The highest BCUT2D eigenvalue weighted by Crippen LogP contribution is 1.95. The van der Waals surface area contributed by atoms with Crippen LogP contribution in [-0.4, -0.2) is 30.4 Å². The van der Waals surface area contributed by atoms with Crippen molar-refractivity contribution in [2.75, 3.05) is 13.6 Å². The molecule has 3 heteroatoms. The second-order valence-corrected chi connectivity index (χ2v) is 2.98. The van der Waals surface area contributed by atoms with E-state index in [0.29, 0.717) is 0 Å². The summed E-state index contributed by atoms with van der Waals surface area (Å²) in [5, 5.41) is 0. The van der Waals surface area contributed by atoms with Crippen LogP contribution in [0.4, 0.5) is 0 Å². The first-order chi connectivity index (χ1) is 5.59. The number of likely N-dealkylation sites (N-methyl/N-ethyl adjacent to an activating group) is 1. The second kappa shape index (κ2) is 5.77. The van der Waals surface area contributed by atoms with Crippen molar-refractivity contribution in [1.82, 2.24) is 4.90 Å². The Kier molecular flexibility index (Phi) is 5.37. The largest absolute Gasteiger partial charge is 0.344 e. The van der Waals surface area contributed by atoms with Crippen molar-refractivity contribution in [3.63, 3.8) is 0 Å². The molecule has 0 heterocycles. The molecule has 0 aromatic heterocycles. The van der Waals surface area contributed by atoms with Crippen LogP contribution in [0.5, 0.6) is 0 Å². The average molecular weight is 170 g/mol. The van der Waals surface area contributed by atoms with Gasteiger partial charge < -0.3 is 10.6 Å². The van der Waals surface area contributed by atoms with Crippen LogP contribution in [0.2, 0.25) is 0 Å². The molecule has 1 amide bonds. The molecule has 0 aromatic carbocycles. The van der Waals surface area contributed by atoms with Crippen molar-refractivity contribution >= 4 is 5.91 Å². The van der Waals surface area contributed by atoms with Gasteiger partial charge in [0.25, 0.3) is 0 Å². The maximum atomic E-state index is 11.2. The lowest BCUT2D eigenvalue weighted by atomic mass is 10.2. The van der Waals surface area contributed by atoms with Gasteiger partial charge in [-0.15, -0.1) is 6.58 Å². The van der Waals surface area contributed by atoms with E-state index in [2.05, 4.69) is 6.58 Å². The molecular weight excluding hydrogens is 152 g/mol. The van der Waals surface area contributed by atoms with Crippen LogP contribution in [0.15, 0.2) is 12.7 Å². The average Bonchev–Trinajstić information content (AvgIpc) is 2.03. The monoisotopic (exact) mass is 170 g/mol. The molecule has 0 bridgehead atoms. The van der Waals surface area contributed by atoms with Crippen molar-refractivity contribution in [2.24, 2.45) is 5.73 Å². The highest BCUT2D eigenvalue weighted by atomic mass is 16.2. The minimum absolute atomic E-state index is 0.000868. The number of allylic oxidation sites excluding steroid dienone is 1. The van der Waals surface area contributed by atoms with Crippen LogP contribution in [0.25, 0.3) is 0 Å². The molecule has 0 aliphatic carbocycles. The van der Waals surface area contributed by atoms with Crippen LogP contribution < -0.4 is 5.73 Å². The topological polar surface area (TPSA) is 46.3 Å². The van der Waals surface area contributed by atoms with Gasteiger partial charge in [0.15, 0.2) is 0 Å². The van der Waals surface area contributed by atoms with Crippen molar-refractivity contribution in [2.45, 2.75) is 25.8 Å². The minimum atomic E-state index is -0.390. The van der Waals surface area contributed by atoms with E-state index >= 15 is 0 Å². The van der Waals surface area contributed by atoms with Gasteiger partial charge in [-0.05, 0) is 19.8 Å². The fourth-order valence-corrected chi connectivity index (χ4v) is 0.931. The Morgan fingerprint density at radius 2 is 2.33 bits per heavy atom. The van der Waals surface area contributed by atoms with Crippen LogP contribution in [0.3, 0.4) is 0 Å². The van der Waals surface area contributed by atoms with Gasteiger partial charge in [-0.25, -0.2) is 0 Å². The summed E-state index contributed by atoms with van der Waals surface area (Å²) in [5.74, 6) is -0.000868. The van der Waals surface area contributed by atoms with E-state index in [9.17, 15) is 4.79 Å². The number of rotatable bonds is 5. The minimum Gasteiger partial charge on any atom is -0.344 e. The van der Waals surface area contributed by atoms with E-state index in [1.807, 2.05) is 6.08 Å². The zero-order valence-corrected chi connectivity index (χ0v) is 7.92. The molecule has 0 aliphatic rings. The Morgan fingerprint density at radius 3 is 2.75 bits per heavy atom. The van der Waals surface area contributed by atoms with Gasteiger partial charge >= 0.3 is 0 Å². The van der Waals surface area contributed by atoms with Gasteiger partial charge in [0.05, 0.1) is 6.04 Å². The Hall–Kier alpha value is -0.830. The van der Waals surface area contributed by atoms with Gasteiger partial charge in [-0.1, -0.05) is 6.08 Å². The van der Waals surface area contributed by atoms with Crippen molar-refractivity contribution in [1.29, 1.82) is 0 Å². The van der Waals surface area contributed by atoms with Crippen molar-refractivity contribution in [3.8, 4) is 0 Å². The second-order valence-electron chi connectivity index (χ2n) is 2.98. The molecule has 0 fully saturated rings. The highest BCUT2D eigenvalue weighted by Gasteiger charge is 2.11. The van der Waals surface area contributed by atoms with Crippen LogP contribution in [0, 0.1) is 0 Å². The summed E-state index contributed by atoms with van der Waals surface area (Å²) in [4.78, 5) is 12.9. The number of nitrogens with two attached hydrogens (primary N) is 1. The summed E-state index contributed by atoms with van der Waals surface area (Å²) in [5.41, 5.74) is 5.43. The Bertz CT molecular complexity index is 155. The van der Waals surface area contributed by atoms with E-state index in [4.69, 9.17) is 5.73 Å². The summed E-state index contributed by atoms with van der Waals surface area (Å²) in [6.07, 6.45) is 3.75. The molecule has 0 radical (unpaired) electrons. The standard InChI is InChI=1S/C9H18N2O/c1-4-5-6-7-11(3)9(12)8(2)10/h4,8H,1,5-7,10H2,2-3H3/t8-/m1/s1. The zero-order chi connectivity index (χ0) is 9.56. The predicted octanol–water partition coefficient (Wildman–Crippen LogP) is 0.758. The number of carbonyl (C=O) groups is 1. The molecule has 2 N–H and O–H groups in total. The first kappa shape index (κ1) is 11.2. The van der Waals surface area contributed by atoms with E-state index in [1.165, 1.54) is 0 Å². The van der Waals surface area contributed by atoms with E-state index in [0.717, 1.165) is 19.4 Å². The van der Waals surface area contributed by atoms with Gasteiger partial charge in [-0.3, -0.25) is 4.79 Å². The van der Waals surface area contributed by atoms with E-state index in [-0.39, 0.29) is 5.91 Å². The summed E-state index contributed by atoms with van der Waals surface area (Å²) in [7, 11) is 1.77. The van der Waals surface area contributed by atoms with Gasteiger partial charge in [0.1, 0.15) is 0 Å². The van der Waals surface area contributed by atoms with Crippen molar-refractivity contribution < 1.29 is 4.79 Å². The molecule has 0 aromatic rings. The van der Waals surface area contributed by atoms with Crippen molar-refractivity contribution in [3.05, 3.63) is 12.7 Å². The van der Waals surface area contributed by atoms with Crippen LogP contribution in [0.1, 0.15) is 19.8 Å². The van der Waals surface area contributed by atoms with Gasteiger partial charge in [-0.2, -0.15) is 0 Å². The molecule has 0 saturated heterocycles. The third-order valence-corrected chi connectivity index (χ3v) is 1.67. The Labute approximate surface area is 74.2 Å². The molecule has 3 nitrogen and oxygen atoms in total. The SMILES string of the molecule is C=CCCCN(C)C(=O)[C@@H](C)N. The summed E-state index contributed by atoms with van der Waals surface area (Å²) in [6.45, 7) is 6.07. The molecule has 0 rings (SSSR count). The normalized spacial score (nSPS) is 12.2. The van der Waals surface area contributed by atoms with E-state index in [1.54, 1.807) is 18.9 Å². The Balaban J connectivity index is 3.64. The number of amides is 1. The zero-order valence-electron chi connectivity index (χ0n) is 7.92. The maximum Gasteiger partial charge on any atom is 0.238 e. The number of carbonyl (C=O) groups excluding carboxylic acids is 1. The quantitative estimate of drug-likeness (QED) is 0.489. The molecule has 1 atom stereocenters. The fraction of sp³-hybridized carbons (Fsp3) is 0.667. The third kappa shape index (κ3) is 4.13. The molecular formula is C9H18N2O. The first-order valence-corrected chi connectivity index (χ1v) is 4.21. The molecule has 0 aliphatic heterocycles. The molecule has 0 saturated carbocycles. The molecule has 12 heavy (non-hydrogen) atoms. The third-order valence-electron chi connectivity index (χ3n) is 1.67. The maximum absolute atomic E-state index is 11.2. The first-order valence-electron chi connectivity index (χ1n) is 4.21. The van der Waals surface area contributed by atoms with E-state index < -0.39 is 6.04 Å². The summed E-state index contributed by atoms with van der Waals surface area (Å²) < 4.78 is 0. The number of nitrogens with zero attached hydrogens (tertiary/aromatic N) is 1. The number of unbranched alkanes of at least 4 members (excludes halogenated alkanes) is 1. The molecule has 0 unspecified atom stereocenters. The lowest BCUT2D eigenvalue weighted by molar-refractivity contribution is -0.130. The van der Waals surface area contributed by atoms with Crippen LogP contribution >= 0.6 is 0 Å². The number of hydrogen-bond acceptors (Lipinski definition) is 2. The Morgan fingerprint density at radius 1 is 1.75 bits per heavy atom. The van der Waals surface area contributed by atoms with Crippen LogP contribution in [-0.2, 0) is 4.79 Å². The van der Waals surface area contributed by atoms with Gasteiger partial charge in [0.2, 0.25) is 5.91 Å². The lowest BCUT2D eigenvalue weighted by Crippen LogP contribution is -2.40. The smallest absolute Gasteiger partial charge is 0.238 e. The summed E-state index contributed by atoms with van der Waals surface area (Å²) >= 11 is 0. The number of hydrogen-bond donors (Lipinski definition) is 1. The van der Waals surface area contributed by atoms with Gasteiger partial charge in [0, 0.05) is 13.6 Å². The molecule has 70 valence electrons. The molecule has 0 spiro atoms. The predicted molar refractivity (Wildman–Crippen MR) is 50.7 cm³/mol. The highest BCUT2D eigenvalue weighted by molar-refractivity contribution is 5.80.